The molecule has 0 saturated carbocycles. The lowest BCUT2D eigenvalue weighted by Crippen LogP contribution is -2.30. The van der Waals surface area contributed by atoms with E-state index in [1.807, 2.05) is 56.3 Å². The van der Waals surface area contributed by atoms with Crippen LogP contribution in [0, 0.1) is 13.8 Å². The van der Waals surface area contributed by atoms with Crippen LogP contribution in [0.2, 0.25) is 0 Å². The maximum absolute atomic E-state index is 11.9. The molecule has 0 bridgehead atoms. The lowest BCUT2D eigenvalue weighted by Gasteiger charge is -2.10. The third-order valence-electron chi connectivity index (χ3n) is 4.19. The number of carbonyl (C=O) groups excluding carboxylic acids is 2. The predicted molar refractivity (Wildman–Crippen MR) is 100 cm³/mol. The highest BCUT2D eigenvalue weighted by molar-refractivity contribution is 5.81. The first kappa shape index (κ1) is 19.5. The van der Waals surface area contributed by atoms with Gasteiger partial charge in [0.05, 0.1) is 13.5 Å². The van der Waals surface area contributed by atoms with E-state index in [0.717, 1.165) is 22.4 Å². The van der Waals surface area contributed by atoms with Gasteiger partial charge in [0.1, 0.15) is 5.75 Å². The monoisotopic (exact) mass is 355 g/mol. The molecule has 5 nitrogen and oxygen atoms in total. The molecule has 2 aromatic rings. The highest BCUT2D eigenvalue weighted by Crippen LogP contribution is 2.17. The molecule has 0 fully saturated rings. The fraction of sp³-hybridized carbons (Fsp3) is 0.333. The molecule has 0 unspecified atom stereocenters. The summed E-state index contributed by atoms with van der Waals surface area (Å²) in [5.74, 6) is 0.0723. The number of methoxy groups -OCH3 is 1. The second-order valence-corrected chi connectivity index (χ2v) is 6.17. The Morgan fingerprint density at radius 3 is 2.54 bits per heavy atom. The molecule has 0 aliphatic heterocycles. The Hall–Kier alpha value is -2.82. The van der Waals surface area contributed by atoms with E-state index < -0.39 is 5.97 Å². The molecule has 0 saturated heterocycles. The van der Waals surface area contributed by atoms with Crippen molar-refractivity contribution >= 4 is 11.9 Å². The van der Waals surface area contributed by atoms with E-state index in [0.29, 0.717) is 13.0 Å². The van der Waals surface area contributed by atoms with E-state index in [1.165, 1.54) is 5.56 Å². The van der Waals surface area contributed by atoms with Gasteiger partial charge in [0, 0.05) is 6.54 Å². The Bertz CT molecular complexity index is 770. The van der Waals surface area contributed by atoms with E-state index in [4.69, 9.17) is 9.47 Å². The summed E-state index contributed by atoms with van der Waals surface area (Å²) in [5, 5.41) is 2.75. The molecule has 0 heterocycles. The fourth-order valence-electron chi connectivity index (χ4n) is 2.57. The molecule has 138 valence electrons. The molecule has 0 spiro atoms. The van der Waals surface area contributed by atoms with E-state index >= 15 is 0 Å². The van der Waals surface area contributed by atoms with E-state index in [1.54, 1.807) is 7.11 Å². The molecule has 5 heteroatoms. The van der Waals surface area contributed by atoms with Crippen LogP contribution in [0.3, 0.4) is 0 Å². The van der Waals surface area contributed by atoms with Gasteiger partial charge in [-0.3, -0.25) is 9.59 Å². The number of carbonyl (C=O) groups is 2. The molecule has 2 aromatic carbocycles. The largest absolute Gasteiger partial charge is 0.496 e. The third-order valence-corrected chi connectivity index (χ3v) is 4.19. The van der Waals surface area contributed by atoms with Crippen molar-refractivity contribution in [3.05, 3.63) is 64.7 Å². The Labute approximate surface area is 154 Å². The van der Waals surface area contributed by atoms with E-state index in [2.05, 4.69) is 5.32 Å². The Morgan fingerprint density at radius 1 is 1.04 bits per heavy atom. The van der Waals surface area contributed by atoms with Gasteiger partial charge in [0.2, 0.25) is 0 Å². The van der Waals surface area contributed by atoms with Crippen molar-refractivity contribution in [3.63, 3.8) is 0 Å². The van der Waals surface area contributed by atoms with Crippen LogP contribution >= 0.6 is 0 Å². The first-order valence-electron chi connectivity index (χ1n) is 8.60. The number of hydrogen-bond donors (Lipinski definition) is 1. The minimum Gasteiger partial charge on any atom is -0.496 e. The Morgan fingerprint density at radius 2 is 1.81 bits per heavy atom. The van der Waals surface area contributed by atoms with Gasteiger partial charge < -0.3 is 14.8 Å². The number of aryl methyl sites for hydroxylation is 2. The normalized spacial score (nSPS) is 10.3. The van der Waals surface area contributed by atoms with Crippen molar-refractivity contribution in [2.75, 3.05) is 20.3 Å². The molecular formula is C21H25NO4. The Balaban J connectivity index is 1.71. The summed E-state index contributed by atoms with van der Waals surface area (Å²) in [6.45, 7) is 4.20. The molecule has 2 rings (SSSR count). The molecule has 0 atom stereocenters. The quantitative estimate of drug-likeness (QED) is 0.740. The zero-order valence-corrected chi connectivity index (χ0v) is 15.5. The van der Waals surface area contributed by atoms with Crippen molar-refractivity contribution < 1.29 is 19.1 Å². The summed E-state index contributed by atoms with van der Waals surface area (Å²) in [4.78, 5) is 23.7. The van der Waals surface area contributed by atoms with Crippen LogP contribution in [0.25, 0.3) is 0 Å². The first-order valence-corrected chi connectivity index (χ1v) is 8.60. The molecule has 0 aliphatic carbocycles. The number of para-hydroxylation sites is 1. The smallest absolute Gasteiger partial charge is 0.310 e. The summed E-state index contributed by atoms with van der Waals surface area (Å²) < 4.78 is 10.3. The number of esters is 1. The van der Waals surface area contributed by atoms with Gasteiger partial charge in [-0.1, -0.05) is 36.4 Å². The van der Waals surface area contributed by atoms with Gasteiger partial charge in [0.25, 0.3) is 5.91 Å². The molecule has 0 radical (unpaired) electrons. The van der Waals surface area contributed by atoms with Crippen LogP contribution < -0.4 is 10.1 Å². The maximum atomic E-state index is 11.9. The van der Waals surface area contributed by atoms with Crippen LogP contribution in [0.4, 0.5) is 0 Å². The van der Waals surface area contributed by atoms with Gasteiger partial charge in [0.15, 0.2) is 6.61 Å². The summed E-state index contributed by atoms with van der Waals surface area (Å²) >= 11 is 0. The van der Waals surface area contributed by atoms with Crippen LogP contribution in [-0.2, 0) is 27.2 Å². The van der Waals surface area contributed by atoms with Crippen LogP contribution in [-0.4, -0.2) is 32.1 Å². The van der Waals surface area contributed by atoms with E-state index in [-0.39, 0.29) is 18.9 Å². The van der Waals surface area contributed by atoms with Gasteiger partial charge >= 0.3 is 5.97 Å². The summed E-state index contributed by atoms with van der Waals surface area (Å²) in [5.41, 5.74) is 4.21. The van der Waals surface area contributed by atoms with Crippen molar-refractivity contribution in [3.8, 4) is 5.75 Å². The second kappa shape index (κ2) is 9.61. The molecular weight excluding hydrogens is 330 g/mol. The highest BCUT2D eigenvalue weighted by Gasteiger charge is 2.09. The summed E-state index contributed by atoms with van der Waals surface area (Å²) in [6, 6.07) is 13.5. The highest BCUT2D eigenvalue weighted by atomic mass is 16.5. The van der Waals surface area contributed by atoms with Crippen molar-refractivity contribution in [1.29, 1.82) is 0 Å². The van der Waals surface area contributed by atoms with Gasteiger partial charge in [-0.15, -0.1) is 0 Å². The molecule has 1 N–H and O–H groups in total. The lowest BCUT2D eigenvalue weighted by molar-refractivity contribution is -0.147. The average Bonchev–Trinajstić information content (AvgIpc) is 2.63. The number of benzene rings is 2. The lowest BCUT2D eigenvalue weighted by atomic mass is 10.0. The molecule has 0 aliphatic rings. The van der Waals surface area contributed by atoms with Crippen molar-refractivity contribution in [2.45, 2.75) is 26.7 Å². The average molecular weight is 355 g/mol. The summed E-state index contributed by atoms with van der Waals surface area (Å²) in [6.07, 6.45) is 0.807. The van der Waals surface area contributed by atoms with Crippen LogP contribution in [0.1, 0.15) is 22.3 Å². The fourth-order valence-corrected chi connectivity index (χ4v) is 2.57. The summed E-state index contributed by atoms with van der Waals surface area (Å²) in [7, 11) is 1.62. The molecule has 26 heavy (non-hydrogen) atoms. The minimum atomic E-state index is -0.409. The standard InChI is InChI=1S/C21H25NO4/c1-15-8-9-17(12-16(15)2)13-21(24)26-14-20(23)22-11-10-18-6-4-5-7-19(18)25-3/h4-9,12H,10-11,13-14H2,1-3H3,(H,22,23). The van der Waals surface area contributed by atoms with Gasteiger partial charge in [-0.25, -0.2) is 0 Å². The molecule has 1 amide bonds. The SMILES string of the molecule is COc1ccccc1CCNC(=O)COC(=O)Cc1ccc(C)c(C)c1. The second-order valence-electron chi connectivity index (χ2n) is 6.17. The van der Waals surface area contributed by atoms with Gasteiger partial charge in [-0.2, -0.15) is 0 Å². The maximum Gasteiger partial charge on any atom is 0.310 e. The predicted octanol–water partition coefficient (Wildman–Crippen LogP) is 2.76. The Kier molecular flexibility index (Phi) is 7.21. The topological polar surface area (TPSA) is 64.6 Å². The van der Waals surface area contributed by atoms with Crippen molar-refractivity contribution in [2.24, 2.45) is 0 Å². The van der Waals surface area contributed by atoms with Crippen molar-refractivity contribution in [1.82, 2.24) is 5.32 Å². The third kappa shape index (κ3) is 5.92. The zero-order chi connectivity index (χ0) is 18.9. The zero-order valence-electron chi connectivity index (χ0n) is 15.5. The van der Waals surface area contributed by atoms with E-state index in [9.17, 15) is 9.59 Å². The van der Waals surface area contributed by atoms with Crippen LogP contribution in [0.5, 0.6) is 5.75 Å². The first-order chi connectivity index (χ1) is 12.5. The minimum absolute atomic E-state index is 0.162. The van der Waals surface area contributed by atoms with Gasteiger partial charge in [-0.05, 0) is 48.6 Å². The van der Waals surface area contributed by atoms with Crippen LogP contribution in [0.15, 0.2) is 42.5 Å². The number of nitrogens with one attached hydrogen (secondary N) is 1. The molecule has 0 aromatic heterocycles. The number of ether oxygens (including phenoxy) is 2. The number of rotatable bonds is 8. The number of amides is 1. The number of hydrogen-bond acceptors (Lipinski definition) is 4.